The van der Waals surface area contributed by atoms with Gasteiger partial charge in [0.25, 0.3) is 0 Å². The molecule has 4 heteroatoms. The Morgan fingerprint density at radius 2 is 2.12 bits per heavy atom. The Labute approximate surface area is 102 Å². The molecule has 1 atom stereocenters. The molecule has 1 heterocycles. The second-order valence-electron chi connectivity index (χ2n) is 4.36. The van der Waals surface area contributed by atoms with E-state index in [0.717, 1.165) is 23.5 Å². The Bertz CT molecular complexity index is 321. The van der Waals surface area contributed by atoms with Gasteiger partial charge in [0.05, 0.1) is 11.6 Å². The van der Waals surface area contributed by atoms with Crippen molar-refractivity contribution in [3.63, 3.8) is 0 Å². The summed E-state index contributed by atoms with van der Waals surface area (Å²) in [5.74, 6) is 0. The van der Waals surface area contributed by atoms with Crippen LogP contribution in [0.1, 0.15) is 50.4 Å². The molecular formula is C12H22N2OS. The highest BCUT2D eigenvalue weighted by Gasteiger charge is 2.23. The molecule has 0 aromatic carbocycles. The lowest BCUT2D eigenvalue weighted by molar-refractivity contribution is 0.0303. The van der Waals surface area contributed by atoms with Gasteiger partial charge in [-0.1, -0.05) is 13.8 Å². The van der Waals surface area contributed by atoms with Crippen LogP contribution in [0.15, 0.2) is 5.38 Å². The van der Waals surface area contributed by atoms with Gasteiger partial charge in [0.2, 0.25) is 0 Å². The normalized spacial score (nSPS) is 14.1. The third-order valence-electron chi connectivity index (χ3n) is 3.06. The maximum Gasteiger partial charge on any atom is 0.110 e. The van der Waals surface area contributed by atoms with Crippen LogP contribution in [0.4, 0.5) is 0 Å². The van der Waals surface area contributed by atoms with Crippen LogP contribution >= 0.6 is 11.3 Å². The molecule has 1 aromatic rings. The fraction of sp³-hybridized carbons (Fsp3) is 0.750. The molecule has 0 spiro atoms. The highest BCUT2D eigenvalue weighted by atomic mass is 32.1. The van der Waals surface area contributed by atoms with Crippen molar-refractivity contribution in [2.75, 3.05) is 6.54 Å². The number of rotatable bonds is 6. The van der Waals surface area contributed by atoms with Crippen LogP contribution in [0, 0.1) is 6.92 Å². The highest BCUT2D eigenvalue weighted by molar-refractivity contribution is 7.09. The molecule has 16 heavy (non-hydrogen) atoms. The van der Waals surface area contributed by atoms with Crippen molar-refractivity contribution in [2.24, 2.45) is 0 Å². The van der Waals surface area contributed by atoms with Crippen LogP contribution in [0.25, 0.3) is 0 Å². The monoisotopic (exact) mass is 242 g/mol. The number of thiazole rings is 1. The molecule has 0 amide bonds. The minimum Gasteiger partial charge on any atom is -0.389 e. The molecule has 1 rings (SSSR count). The van der Waals surface area contributed by atoms with Crippen LogP contribution < -0.4 is 5.32 Å². The quantitative estimate of drug-likeness (QED) is 0.806. The van der Waals surface area contributed by atoms with Gasteiger partial charge < -0.3 is 10.4 Å². The van der Waals surface area contributed by atoms with E-state index >= 15 is 0 Å². The number of aryl methyl sites for hydroxylation is 1. The van der Waals surface area contributed by atoms with E-state index in [1.54, 1.807) is 11.3 Å². The summed E-state index contributed by atoms with van der Waals surface area (Å²) in [6.45, 7) is 8.75. The first kappa shape index (κ1) is 13.6. The number of hydrogen-bond donors (Lipinski definition) is 2. The number of nitrogens with zero attached hydrogens (tertiary/aromatic N) is 1. The van der Waals surface area contributed by atoms with Gasteiger partial charge in [-0.25, -0.2) is 4.98 Å². The lowest BCUT2D eigenvalue weighted by Crippen LogP contribution is -2.40. The van der Waals surface area contributed by atoms with Gasteiger partial charge in [0, 0.05) is 17.6 Å². The average Bonchev–Trinajstić information content (AvgIpc) is 2.72. The molecule has 1 unspecified atom stereocenters. The van der Waals surface area contributed by atoms with Gasteiger partial charge in [-0.15, -0.1) is 11.3 Å². The zero-order chi connectivity index (χ0) is 12.2. The van der Waals surface area contributed by atoms with Crippen LogP contribution in [0.5, 0.6) is 0 Å². The molecule has 1 aromatic heterocycles. The number of nitrogens with one attached hydrogen (secondary N) is 1. The van der Waals surface area contributed by atoms with Crippen LogP contribution in [0.2, 0.25) is 0 Å². The summed E-state index contributed by atoms with van der Waals surface area (Å²) in [4.78, 5) is 4.44. The zero-order valence-electron chi connectivity index (χ0n) is 10.6. The number of aromatic nitrogens is 1. The molecule has 0 radical (unpaired) electrons. The van der Waals surface area contributed by atoms with Gasteiger partial charge in [0.15, 0.2) is 0 Å². The first-order chi connectivity index (χ1) is 7.50. The smallest absolute Gasteiger partial charge is 0.110 e. The van der Waals surface area contributed by atoms with Crippen molar-refractivity contribution in [2.45, 2.75) is 52.2 Å². The predicted molar refractivity (Wildman–Crippen MR) is 68.8 cm³/mol. The first-order valence-corrected chi connectivity index (χ1v) is 6.76. The highest BCUT2D eigenvalue weighted by Crippen LogP contribution is 2.19. The first-order valence-electron chi connectivity index (χ1n) is 5.88. The Hall–Kier alpha value is -0.450. The predicted octanol–water partition coefficient (Wildman–Crippen LogP) is 2.65. The van der Waals surface area contributed by atoms with Gasteiger partial charge in [-0.05, 0) is 26.7 Å². The summed E-state index contributed by atoms with van der Waals surface area (Å²) >= 11 is 1.67. The summed E-state index contributed by atoms with van der Waals surface area (Å²) in [6, 6.07) is 0.211. The standard InChI is InChI=1S/C12H22N2OS/c1-5-12(15,6-2)8-13-10(4)11-14-9(3)7-16-11/h7,10,13,15H,5-6,8H2,1-4H3. The van der Waals surface area contributed by atoms with E-state index in [2.05, 4.69) is 22.6 Å². The molecule has 2 N–H and O–H groups in total. The summed E-state index contributed by atoms with van der Waals surface area (Å²) in [5, 5.41) is 16.6. The third-order valence-corrected chi connectivity index (χ3v) is 4.21. The van der Waals surface area contributed by atoms with Gasteiger partial charge in [-0.3, -0.25) is 0 Å². The van der Waals surface area contributed by atoms with Crippen LogP contribution in [0.3, 0.4) is 0 Å². The van der Waals surface area contributed by atoms with E-state index in [0.29, 0.717) is 6.54 Å². The molecule has 3 nitrogen and oxygen atoms in total. The average molecular weight is 242 g/mol. The van der Waals surface area contributed by atoms with E-state index in [-0.39, 0.29) is 6.04 Å². The summed E-state index contributed by atoms with van der Waals surface area (Å²) < 4.78 is 0. The Morgan fingerprint density at radius 1 is 1.50 bits per heavy atom. The van der Waals surface area contributed by atoms with Crippen molar-refractivity contribution in [3.8, 4) is 0 Å². The molecule has 0 aliphatic rings. The summed E-state index contributed by atoms with van der Waals surface area (Å²) in [7, 11) is 0. The number of hydrogen-bond acceptors (Lipinski definition) is 4. The third kappa shape index (κ3) is 3.54. The van der Waals surface area contributed by atoms with Crippen molar-refractivity contribution in [1.82, 2.24) is 10.3 Å². The summed E-state index contributed by atoms with van der Waals surface area (Å²) in [6.07, 6.45) is 1.56. The maximum atomic E-state index is 10.2. The molecule has 0 bridgehead atoms. The zero-order valence-corrected chi connectivity index (χ0v) is 11.4. The van der Waals surface area contributed by atoms with Gasteiger partial charge in [-0.2, -0.15) is 0 Å². The largest absolute Gasteiger partial charge is 0.389 e. The second kappa shape index (κ2) is 5.75. The Kier molecular flexibility index (Phi) is 4.89. The van der Waals surface area contributed by atoms with E-state index in [1.807, 2.05) is 20.8 Å². The summed E-state index contributed by atoms with van der Waals surface area (Å²) in [5.41, 5.74) is 0.482. The second-order valence-corrected chi connectivity index (χ2v) is 5.25. The minimum atomic E-state index is -0.583. The fourth-order valence-electron chi connectivity index (χ4n) is 1.50. The molecule has 92 valence electrons. The van der Waals surface area contributed by atoms with E-state index in [1.165, 1.54) is 0 Å². The van der Waals surface area contributed by atoms with Crippen molar-refractivity contribution in [3.05, 3.63) is 16.1 Å². The molecule has 0 fully saturated rings. The molecule has 0 aliphatic heterocycles. The maximum absolute atomic E-state index is 10.2. The molecule has 0 saturated heterocycles. The lowest BCUT2D eigenvalue weighted by atomic mass is 9.97. The molecular weight excluding hydrogens is 220 g/mol. The van der Waals surface area contributed by atoms with Gasteiger partial charge in [0.1, 0.15) is 5.01 Å². The van der Waals surface area contributed by atoms with Crippen molar-refractivity contribution in [1.29, 1.82) is 0 Å². The van der Waals surface area contributed by atoms with E-state index in [9.17, 15) is 5.11 Å². The van der Waals surface area contributed by atoms with Crippen molar-refractivity contribution < 1.29 is 5.11 Å². The fourth-order valence-corrected chi connectivity index (χ4v) is 2.33. The van der Waals surface area contributed by atoms with Crippen LogP contribution in [-0.2, 0) is 0 Å². The topological polar surface area (TPSA) is 45.1 Å². The molecule has 0 saturated carbocycles. The van der Waals surface area contributed by atoms with Crippen LogP contribution in [-0.4, -0.2) is 22.2 Å². The van der Waals surface area contributed by atoms with Crippen molar-refractivity contribution >= 4 is 11.3 Å². The number of aliphatic hydroxyl groups is 1. The lowest BCUT2D eigenvalue weighted by Gasteiger charge is -2.27. The Balaban J connectivity index is 2.49. The van der Waals surface area contributed by atoms with E-state index in [4.69, 9.17) is 0 Å². The van der Waals surface area contributed by atoms with Gasteiger partial charge >= 0.3 is 0 Å². The minimum absolute atomic E-state index is 0.211. The van der Waals surface area contributed by atoms with E-state index < -0.39 is 5.60 Å². The SMILES string of the molecule is CCC(O)(CC)CNC(C)c1nc(C)cs1. The molecule has 0 aliphatic carbocycles. The Morgan fingerprint density at radius 3 is 2.56 bits per heavy atom.